The number of hydrogen-bond acceptors (Lipinski definition) is 3. The van der Waals surface area contributed by atoms with Crippen molar-refractivity contribution < 1.29 is 9.53 Å². The van der Waals surface area contributed by atoms with Gasteiger partial charge in [-0.15, -0.1) is 0 Å². The Balaban J connectivity index is 2.17. The summed E-state index contributed by atoms with van der Waals surface area (Å²) < 4.78 is 5.20. The summed E-state index contributed by atoms with van der Waals surface area (Å²) in [6, 6.07) is 0.347. The Labute approximate surface area is 97.9 Å². The van der Waals surface area contributed by atoms with E-state index in [0.717, 1.165) is 25.7 Å². The second-order valence-corrected chi connectivity index (χ2v) is 5.75. The summed E-state index contributed by atoms with van der Waals surface area (Å²) in [5.74, 6) is 0.491. The number of rotatable bonds is 2. The highest BCUT2D eigenvalue weighted by Crippen LogP contribution is 2.23. The first-order chi connectivity index (χ1) is 7.37. The van der Waals surface area contributed by atoms with Gasteiger partial charge in [0, 0.05) is 11.6 Å². The van der Waals surface area contributed by atoms with Crippen LogP contribution in [-0.4, -0.2) is 24.3 Å². The Kier molecular flexibility index (Phi) is 4.59. The molecular formula is C12H24N2O2. The van der Waals surface area contributed by atoms with E-state index in [1.54, 1.807) is 0 Å². The van der Waals surface area contributed by atoms with Gasteiger partial charge in [0.2, 0.25) is 0 Å². The molecule has 3 N–H and O–H groups in total. The van der Waals surface area contributed by atoms with Crippen LogP contribution in [0.2, 0.25) is 0 Å². The maximum atomic E-state index is 11.4. The summed E-state index contributed by atoms with van der Waals surface area (Å²) in [6.45, 7) is 6.34. The lowest BCUT2D eigenvalue weighted by Gasteiger charge is -2.26. The van der Waals surface area contributed by atoms with Crippen molar-refractivity contribution in [2.24, 2.45) is 11.7 Å². The zero-order valence-corrected chi connectivity index (χ0v) is 10.6. The number of hydrogen-bond donors (Lipinski definition) is 2. The fourth-order valence-corrected chi connectivity index (χ4v) is 1.89. The van der Waals surface area contributed by atoms with Crippen molar-refractivity contribution in [3.63, 3.8) is 0 Å². The summed E-state index contributed by atoms with van der Waals surface area (Å²) in [4.78, 5) is 11.4. The number of nitrogens with two attached hydrogens (primary N) is 1. The predicted octanol–water partition coefficient (Wildman–Crippen LogP) is 2.03. The lowest BCUT2D eigenvalue weighted by atomic mass is 9.87. The lowest BCUT2D eigenvalue weighted by Crippen LogP contribution is -2.41. The van der Waals surface area contributed by atoms with E-state index in [1.807, 2.05) is 20.8 Å². The molecule has 1 amide bonds. The highest BCUT2D eigenvalue weighted by molar-refractivity contribution is 5.68. The van der Waals surface area contributed by atoms with E-state index in [-0.39, 0.29) is 11.6 Å². The first-order valence-electron chi connectivity index (χ1n) is 6.07. The standard InChI is InChI=1S/C12H24N2O2/c1-12(2,3)14-11(15)16-8-9-4-6-10(13)7-5-9/h9-10H,4-8,13H2,1-3H3,(H,14,15). The zero-order chi connectivity index (χ0) is 12.2. The van der Waals surface area contributed by atoms with Crippen molar-refractivity contribution in [3.05, 3.63) is 0 Å². The second kappa shape index (κ2) is 5.53. The SMILES string of the molecule is CC(C)(C)NC(=O)OCC1CCC(N)CC1. The second-order valence-electron chi connectivity index (χ2n) is 5.75. The Morgan fingerprint density at radius 3 is 2.38 bits per heavy atom. The molecule has 0 saturated heterocycles. The average Bonchev–Trinajstić information content (AvgIpc) is 2.14. The molecule has 0 atom stereocenters. The summed E-state index contributed by atoms with van der Waals surface area (Å²) in [6.07, 6.45) is 3.93. The van der Waals surface area contributed by atoms with E-state index >= 15 is 0 Å². The largest absolute Gasteiger partial charge is 0.449 e. The summed E-state index contributed by atoms with van der Waals surface area (Å²) in [5, 5.41) is 2.78. The Morgan fingerprint density at radius 2 is 1.88 bits per heavy atom. The van der Waals surface area contributed by atoms with Crippen LogP contribution in [0.25, 0.3) is 0 Å². The molecular weight excluding hydrogens is 204 g/mol. The number of carbonyl (C=O) groups excluding carboxylic acids is 1. The maximum Gasteiger partial charge on any atom is 0.407 e. The minimum atomic E-state index is -0.317. The van der Waals surface area contributed by atoms with Crippen LogP contribution in [0.1, 0.15) is 46.5 Å². The van der Waals surface area contributed by atoms with E-state index in [0.29, 0.717) is 18.6 Å². The Morgan fingerprint density at radius 1 is 1.31 bits per heavy atom. The van der Waals surface area contributed by atoms with Gasteiger partial charge in [-0.05, 0) is 52.4 Å². The van der Waals surface area contributed by atoms with Crippen molar-refractivity contribution in [2.75, 3.05) is 6.61 Å². The van der Waals surface area contributed by atoms with Crippen LogP contribution in [0.15, 0.2) is 0 Å². The Hall–Kier alpha value is -0.770. The van der Waals surface area contributed by atoms with Crippen molar-refractivity contribution in [1.82, 2.24) is 5.32 Å². The van der Waals surface area contributed by atoms with Crippen LogP contribution in [0, 0.1) is 5.92 Å². The van der Waals surface area contributed by atoms with Gasteiger partial charge in [0.25, 0.3) is 0 Å². The topological polar surface area (TPSA) is 64.3 Å². The average molecular weight is 228 g/mol. The highest BCUT2D eigenvalue weighted by atomic mass is 16.5. The number of alkyl carbamates (subject to hydrolysis) is 1. The number of amides is 1. The van der Waals surface area contributed by atoms with Gasteiger partial charge in [-0.25, -0.2) is 4.79 Å². The molecule has 0 aromatic carbocycles. The maximum absolute atomic E-state index is 11.4. The van der Waals surface area contributed by atoms with Crippen LogP contribution in [0.3, 0.4) is 0 Å². The minimum Gasteiger partial charge on any atom is -0.449 e. The van der Waals surface area contributed by atoms with E-state index in [1.165, 1.54) is 0 Å². The zero-order valence-electron chi connectivity index (χ0n) is 10.6. The first kappa shape index (κ1) is 13.3. The van der Waals surface area contributed by atoms with Gasteiger partial charge in [-0.1, -0.05) is 0 Å². The van der Waals surface area contributed by atoms with Crippen LogP contribution in [0.4, 0.5) is 4.79 Å². The quantitative estimate of drug-likeness (QED) is 0.760. The van der Waals surface area contributed by atoms with Gasteiger partial charge in [-0.3, -0.25) is 0 Å². The molecule has 16 heavy (non-hydrogen) atoms. The molecule has 0 radical (unpaired) electrons. The fraction of sp³-hybridized carbons (Fsp3) is 0.917. The smallest absolute Gasteiger partial charge is 0.407 e. The molecule has 1 rings (SSSR count). The van der Waals surface area contributed by atoms with Crippen LogP contribution >= 0.6 is 0 Å². The summed E-state index contributed by atoms with van der Waals surface area (Å²) in [7, 11) is 0. The molecule has 1 saturated carbocycles. The summed E-state index contributed by atoms with van der Waals surface area (Å²) in [5.41, 5.74) is 5.59. The molecule has 1 fully saturated rings. The summed E-state index contributed by atoms with van der Waals surface area (Å²) >= 11 is 0. The van der Waals surface area contributed by atoms with E-state index in [9.17, 15) is 4.79 Å². The fourth-order valence-electron chi connectivity index (χ4n) is 1.89. The Bertz CT molecular complexity index is 228. The van der Waals surface area contributed by atoms with Crippen LogP contribution in [0.5, 0.6) is 0 Å². The molecule has 4 heteroatoms. The molecule has 1 aliphatic carbocycles. The molecule has 94 valence electrons. The molecule has 0 unspecified atom stereocenters. The van der Waals surface area contributed by atoms with Gasteiger partial charge in [-0.2, -0.15) is 0 Å². The molecule has 0 heterocycles. The van der Waals surface area contributed by atoms with E-state index < -0.39 is 0 Å². The number of carbonyl (C=O) groups is 1. The van der Waals surface area contributed by atoms with Crippen molar-refractivity contribution in [2.45, 2.75) is 58.0 Å². The van der Waals surface area contributed by atoms with E-state index in [2.05, 4.69) is 5.32 Å². The molecule has 0 spiro atoms. The number of nitrogens with one attached hydrogen (secondary N) is 1. The minimum absolute atomic E-state index is 0.230. The third-order valence-electron chi connectivity index (χ3n) is 2.82. The first-order valence-corrected chi connectivity index (χ1v) is 6.07. The monoisotopic (exact) mass is 228 g/mol. The highest BCUT2D eigenvalue weighted by Gasteiger charge is 2.21. The molecule has 0 bridgehead atoms. The van der Waals surface area contributed by atoms with Gasteiger partial charge < -0.3 is 15.8 Å². The molecule has 4 nitrogen and oxygen atoms in total. The van der Waals surface area contributed by atoms with Gasteiger partial charge in [0.15, 0.2) is 0 Å². The van der Waals surface area contributed by atoms with Gasteiger partial charge in [0.1, 0.15) is 0 Å². The van der Waals surface area contributed by atoms with Crippen LogP contribution < -0.4 is 11.1 Å². The molecule has 0 aromatic rings. The van der Waals surface area contributed by atoms with Crippen LogP contribution in [-0.2, 0) is 4.74 Å². The lowest BCUT2D eigenvalue weighted by molar-refractivity contribution is 0.107. The molecule has 1 aliphatic rings. The van der Waals surface area contributed by atoms with Crippen molar-refractivity contribution in [1.29, 1.82) is 0 Å². The van der Waals surface area contributed by atoms with Gasteiger partial charge in [0.05, 0.1) is 6.61 Å². The number of ether oxygens (including phenoxy) is 1. The van der Waals surface area contributed by atoms with E-state index in [4.69, 9.17) is 10.5 Å². The third-order valence-corrected chi connectivity index (χ3v) is 2.82. The molecule has 0 aliphatic heterocycles. The normalized spacial score (nSPS) is 26.2. The third kappa shape index (κ3) is 5.35. The van der Waals surface area contributed by atoms with Gasteiger partial charge >= 0.3 is 6.09 Å². The van der Waals surface area contributed by atoms with Crippen molar-refractivity contribution >= 4 is 6.09 Å². The predicted molar refractivity (Wildman–Crippen MR) is 64.2 cm³/mol. The van der Waals surface area contributed by atoms with Crippen molar-refractivity contribution in [3.8, 4) is 0 Å². The molecule has 0 aromatic heterocycles.